The molecule has 0 atom stereocenters. The second-order valence-corrected chi connectivity index (χ2v) is 8.35. The van der Waals surface area contributed by atoms with Crippen molar-refractivity contribution in [2.24, 2.45) is 5.41 Å². The van der Waals surface area contributed by atoms with Crippen molar-refractivity contribution in [2.75, 3.05) is 39.3 Å². The first-order chi connectivity index (χ1) is 10.4. The van der Waals surface area contributed by atoms with Gasteiger partial charge in [-0.05, 0) is 65.0 Å². The van der Waals surface area contributed by atoms with Gasteiger partial charge in [0.05, 0.1) is 0 Å². The van der Waals surface area contributed by atoms with Gasteiger partial charge in [-0.2, -0.15) is 0 Å². The van der Waals surface area contributed by atoms with Crippen LogP contribution in [0.2, 0.25) is 0 Å². The molecule has 3 saturated heterocycles. The summed E-state index contributed by atoms with van der Waals surface area (Å²) in [6, 6.07) is 0.788. The molecule has 0 radical (unpaired) electrons. The quantitative estimate of drug-likeness (QED) is 0.805. The SMILES string of the molecule is CC(C)(C)OC(=O)N1CCC2(CC1)CN(C1CCNCC1)C2. The fourth-order valence-electron chi connectivity index (χ4n) is 4.05. The van der Waals surface area contributed by atoms with Gasteiger partial charge in [-0.3, -0.25) is 4.90 Å². The monoisotopic (exact) mass is 309 g/mol. The van der Waals surface area contributed by atoms with E-state index >= 15 is 0 Å². The molecule has 3 heterocycles. The highest BCUT2D eigenvalue weighted by molar-refractivity contribution is 5.68. The zero-order chi connectivity index (χ0) is 15.8. The van der Waals surface area contributed by atoms with E-state index in [0.717, 1.165) is 32.0 Å². The van der Waals surface area contributed by atoms with Gasteiger partial charge in [0.1, 0.15) is 5.60 Å². The van der Waals surface area contributed by atoms with Crippen LogP contribution in [0.3, 0.4) is 0 Å². The van der Waals surface area contributed by atoms with Crippen LogP contribution < -0.4 is 5.32 Å². The highest BCUT2D eigenvalue weighted by atomic mass is 16.6. The number of piperidine rings is 2. The summed E-state index contributed by atoms with van der Waals surface area (Å²) in [6.45, 7) is 12.3. The van der Waals surface area contributed by atoms with Crippen molar-refractivity contribution in [3.05, 3.63) is 0 Å². The highest BCUT2D eigenvalue weighted by Crippen LogP contribution is 2.42. The predicted molar refractivity (Wildman–Crippen MR) is 86.9 cm³/mol. The Morgan fingerprint density at radius 3 is 2.27 bits per heavy atom. The van der Waals surface area contributed by atoms with E-state index in [4.69, 9.17) is 4.74 Å². The molecular weight excluding hydrogens is 278 g/mol. The number of nitrogens with zero attached hydrogens (tertiary/aromatic N) is 2. The molecule has 1 amide bonds. The smallest absolute Gasteiger partial charge is 0.410 e. The predicted octanol–water partition coefficient (Wildman–Crippen LogP) is 2.07. The number of rotatable bonds is 1. The molecule has 22 heavy (non-hydrogen) atoms. The summed E-state index contributed by atoms with van der Waals surface area (Å²) < 4.78 is 5.48. The number of nitrogens with one attached hydrogen (secondary N) is 1. The number of amides is 1. The number of likely N-dealkylation sites (tertiary alicyclic amines) is 2. The summed E-state index contributed by atoms with van der Waals surface area (Å²) >= 11 is 0. The molecule has 3 aliphatic rings. The Balaban J connectivity index is 1.44. The lowest BCUT2D eigenvalue weighted by molar-refractivity contribution is -0.0757. The van der Waals surface area contributed by atoms with Crippen LogP contribution in [0.5, 0.6) is 0 Å². The molecule has 0 unspecified atom stereocenters. The van der Waals surface area contributed by atoms with Crippen LogP contribution in [-0.4, -0.2) is 66.8 Å². The van der Waals surface area contributed by atoms with E-state index in [9.17, 15) is 4.79 Å². The van der Waals surface area contributed by atoms with Crippen molar-refractivity contribution in [3.63, 3.8) is 0 Å². The summed E-state index contributed by atoms with van der Waals surface area (Å²) in [6.07, 6.45) is 4.71. The fourth-order valence-corrected chi connectivity index (χ4v) is 4.05. The lowest BCUT2D eigenvalue weighted by atomic mass is 9.71. The van der Waals surface area contributed by atoms with Crippen LogP contribution in [0.25, 0.3) is 0 Å². The average Bonchev–Trinajstić information content (AvgIpc) is 2.44. The molecule has 0 aliphatic carbocycles. The van der Waals surface area contributed by atoms with Gasteiger partial charge < -0.3 is 15.0 Å². The summed E-state index contributed by atoms with van der Waals surface area (Å²) in [5.74, 6) is 0. The van der Waals surface area contributed by atoms with Gasteiger partial charge in [0.25, 0.3) is 0 Å². The molecule has 3 rings (SSSR count). The first-order valence-corrected chi connectivity index (χ1v) is 8.80. The van der Waals surface area contributed by atoms with E-state index in [0.29, 0.717) is 5.41 Å². The molecule has 1 N–H and O–H groups in total. The van der Waals surface area contributed by atoms with Crippen molar-refractivity contribution in [1.82, 2.24) is 15.1 Å². The first-order valence-electron chi connectivity index (χ1n) is 8.80. The molecule has 126 valence electrons. The van der Waals surface area contributed by atoms with E-state index in [1.54, 1.807) is 0 Å². The van der Waals surface area contributed by atoms with E-state index in [1.165, 1.54) is 39.0 Å². The Labute approximate surface area is 134 Å². The molecule has 3 fully saturated rings. The third kappa shape index (κ3) is 3.57. The number of ether oxygens (including phenoxy) is 1. The van der Waals surface area contributed by atoms with E-state index < -0.39 is 5.60 Å². The van der Waals surface area contributed by atoms with Crippen LogP contribution >= 0.6 is 0 Å². The van der Waals surface area contributed by atoms with Gasteiger partial charge in [-0.25, -0.2) is 4.79 Å². The van der Waals surface area contributed by atoms with Crippen molar-refractivity contribution in [3.8, 4) is 0 Å². The summed E-state index contributed by atoms with van der Waals surface area (Å²) in [7, 11) is 0. The van der Waals surface area contributed by atoms with E-state index in [2.05, 4.69) is 10.2 Å². The zero-order valence-electron chi connectivity index (χ0n) is 14.4. The minimum Gasteiger partial charge on any atom is -0.444 e. The van der Waals surface area contributed by atoms with Crippen LogP contribution in [0.4, 0.5) is 4.79 Å². The molecule has 3 aliphatic heterocycles. The van der Waals surface area contributed by atoms with E-state index in [1.807, 2.05) is 25.7 Å². The summed E-state index contributed by atoms with van der Waals surface area (Å²) in [4.78, 5) is 16.7. The molecule has 0 aromatic heterocycles. The Hall–Kier alpha value is -0.810. The topological polar surface area (TPSA) is 44.8 Å². The Morgan fingerprint density at radius 1 is 1.14 bits per heavy atom. The second-order valence-electron chi connectivity index (χ2n) is 8.35. The Kier molecular flexibility index (Phi) is 4.38. The van der Waals surface area contributed by atoms with Gasteiger partial charge in [-0.1, -0.05) is 0 Å². The van der Waals surface area contributed by atoms with Crippen LogP contribution in [-0.2, 0) is 4.74 Å². The lowest BCUT2D eigenvalue weighted by Gasteiger charge is -2.57. The van der Waals surface area contributed by atoms with Gasteiger partial charge in [0.15, 0.2) is 0 Å². The number of hydrogen-bond donors (Lipinski definition) is 1. The Morgan fingerprint density at radius 2 is 1.73 bits per heavy atom. The second kappa shape index (κ2) is 6.00. The molecular formula is C17H31N3O2. The van der Waals surface area contributed by atoms with Gasteiger partial charge in [0.2, 0.25) is 0 Å². The van der Waals surface area contributed by atoms with Gasteiger partial charge in [-0.15, -0.1) is 0 Å². The van der Waals surface area contributed by atoms with Crippen LogP contribution in [0, 0.1) is 5.41 Å². The first kappa shape index (κ1) is 16.1. The zero-order valence-corrected chi connectivity index (χ0v) is 14.4. The van der Waals surface area contributed by atoms with Crippen LogP contribution in [0.1, 0.15) is 46.5 Å². The van der Waals surface area contributed by atoms with E-state index in [-0.39, 0.29) is 6.09 Å². The number of carbonyl (C=O) groups excluding carboxylic acids is 1. The minimum absolute atomic E-state index is 0.142. The Bertz CT molecular complexity index is 397. The summed E-state index contributed by atoms with van der Waals surface area (Å²) in [5.41, 5.74) is 0.0812. The molecule has 0 bridgehead atoms. The standard InChI is InChI=1S/C17H31N3O2/c1-16(2,3)22-15(21)19-10-6-17(7-11-19)12-20(13-17)14-4-8-18-9-5-14/h14,18H,4-13H2,1-3H3. The lowest BCUT2D eigenvalue weighted by Crippen LogP contribution is -2.64. The highest BCUT2D eigenvalue weighted by Gasteiger charge is 2.47. The number of hydrogen-bond acceptors (Lipinski definition) is 4. The molecule has 5 heteroatoms. The van der Waals surface area contributed by atoms with Crippen molar-refractivity contribution in [2.45, 2.75) is 58.1 Å². The van der Waals surface area contributed by atoms with Crippen molar-refractivity contribution < 1.29 is 9.53 Å². The molecule has 0 aromatic rings. The maximum atomic E-state index is 12.1. The maximum Gasteiger partial charge on any atom is 0.410 e. The third-order valence-corrected chi connectivity index (χ3v) is 5.38. The van der Waals surface area contributed by atoms with Gasteiger partial charge in [0, 0.05) is 32.2 Å². The van der Waals surface area contributed by atoms with Crippen molar-refractivity contribution in [1.29, 1.82) is 0 Å². The molecule has 0 saturated carbocycles. The molecule has 5 nitrogen and oxygen atoms in total. The van der Waals surface area contributed by atoms with Crippen LogP contribution in [0.15, 0.2) is 0 Å². The largest absolute Gasteiger partial charge is 0.444 e. The maximum absolute atomic E-state index is 12.1. The van der Waals surface area contributed by atoms with Crippen molar-refractivity contribution >= 4 is 6.09 Å². The fraction of sp³-hybridized carbons (Fsp3) is 0.941. The normalized spacial score (nSPS) is 26.8. The molecule has 1 spiro atoms. The average molecular weight is 309 g/mol. The molecule has 0 aromatic carbocycles. The number of carbonyl (C=O) groups is 1. The van der Waals surface area contributed by atoms with Gasteiger partial charge >= 0.3 is 6.09 Å². The third-order valence-electron chi connectivity index (χ3n) is 5.38. The summed E-state index contributed by atoms with van der Waals surface area (Å²) in [5, 5.41) is 3.44. The minimum atomic E-state index is -0.394.